The molecule has 4 heteroatoms. The lowest BCUT2D eigenvalue weighted by Gasteiger charge is -2.42. The molecule has 18 heavy (non-hydrogen) atoms. The van der Waals surface area contributed by atoms with E-state index >= 15 is 0 Å². The molecule has 0 spiro atoms. The fraction of sp³-hybridized carbons (Fsp3) is 0.929. The van der Waals surface area contributed by atoms with Crippen LogP contribution in [0.1, 0.15) is 40.0 Å². The topological polar surface area (TPSA) is 35.6 Å². The van der Waals surface area contributed by atoms with E-state index in [4.69, 9.17) is 0 Å². The molecular weight excluding hydrogens is 226 g/mol. The van der Waals surface area contributed by atoms with Crippen LogP contribution >= 0.6 is 0 Å². The average Bonchev–Trinajstić information content (AvgIpc) is 3.12. The number of rotatable bonds is 4. The Labute approximate surface area is 111 Å². The fourth-order valence-corrected chi connectivity index (χ4v) is 2.46. The number of carbonyl (C=O) groups excluding carboxylic acids is 1. The summed E-state index contributed by atoms with van der Waals surface area (Å²) in [5.41, 5.74) is 0.225. The van der Waals surface area contributed by atoms with Gasteiger partial charge in [-0.15, -0.1) is 0 Å². The lowest BCUT2D eigenvalue weighted by molar-refractivity contribution is -0.133. The molecule has 1 saturated carbocycles. The summed E-state index contributed by atoms with van der Waals surface area (Å²) in [7, 11) is 0. The molecule has 0 radical (unpaired) electrons. The smallest absolute Gasteiger partial charge is 0.223 e. The summed E-state index contributed by atoms with van der Waals surface area (Å²) in [5, 5.41) is 3.40. The molecule has 0 aromatic heterocycles. The van der Waals surface area contributed by atoms with Crippen LogP contribution in [0.3, 0.4) is 0 Å². The first kappa shape index (κ1) is 13.8. The van der Waals surface area contributed by atoms with Crippen molar-refractivity contribution in [2.75, 3.05) is 32.7 Å². The van der Waals surface area contributed by atoms with Gasteiger partial charge >= 0.3 is 0 Å². The zero-order chi connectivity index (χ0) is 13.2. The summed E-state index contributed by atoms with van der Waals surface area (Å²) in [6, 6.07) is 0.704. The molecule has 1 aliphatic heterocycles. The Morgan fingerprint density at radius 3 is 2.28 bits per heavy atom. The van der Waals surface area contributed by atoms with Gasteiger partial charge in [-0.2, -0.15) is 0 Å². The molecule has 1 amide bonds. The Morgan fingerprint density at radius 1 is 1.17 bits per heavy atom. The minimum atomic E-state index is 0.225. The number of hydrogen-bond donors (Lipinski definition) is 1. The van der Waals surface area contributed by atoms with Gasteiger partial charge in [0.25, 0.3) is 0 Å². The van der Waals surface area contributed by atoms with Crippen LogP contribution < -0.4 is 5.32 Å². The van der Waals surface area contributed by atoms with Crippen molar-refractivity contribution in [1.29, 1.82) is 0 Å². The molecule has 1 saturated heterocycles. The van der Waals surface area contributed by atoms with Gasteiger partial charge in [-0.1, -0.05) is 0 Å². The molecule has 104 valence electrons. The monoisotopic (exact) mass is 253 g/mol. The lowest BCUT2D eigenvalue weighted by Crippen LogP contribution is -2.54. The summed E-state index contributed by atoms with van der Waals surface area (Å²) in [5.74, 6) is 0.316. The summed E-state index contributed by atoms with van der Waals surface area (Å²) >= 11 is 0. The standard InChI is InChI=1S/C14H27N3O/c1-14(2,3)17-10-8-16(9-11-17)13(18)6-7-15-12-4-5-12/h12,15H,4-11H2,1-3H3. The van der Waals surface area contributed by atoms with Crippen LogP contribution in [0.4, 0.5) is 0 Å². The van der Waals surface area contributed by atoms with E-state index in [-0.39, 0.29) is 5.54 Å². The Hall–Kier alpha value is -0.610. The third kappa shape index (κ3) is 3.95. The summed E-state index contributed by atoms with van der Waals surface area (Å²) in [4.78, 5) is 16.5. The number of piperazine rings is 1. The average molecular weight is 253 g/mol. The van der Waals surface area contributed by atoms with E-state index in [9.17, 15) is 4.79 Å². The Balaban J connectivity index is 1.66. The van der Waals surface area contributed by atoms with E-state index < -0.39 is 0 Å². The molecule has 2 rings (SSSR count). The molecular formula is C14H27N3O. The van der Waals surface area contributed by atoms with Gasteiger partial charge in [0.1, 0.15) is 0 Å². The highest BCUT2D eigenvalue weighted by Crippen LogP contribution is 2.18. The van der Waals surface area contributed by atoms with Crippen LogP contribution in [0, 0.1) is 0 Å². The maximum Gasteiger partial charge on any atom is 0.223 e. The first-order valence-corrected chi connectivity index (χ1v) is 7.23. The largest absolute Gasteiger partial charge is 0.340 e. The maximum atomic E-state index is 12.0. The van der Waals surface area contributed by atoms with E-state index in [1.165, 1.54) is 12.8 Å². The van der Waals surface area contributed by atoms with E-state index in [0.29, 0.717) is 18.4 Å². The minimum Gasteiger partial charge on any atom is -0.340 e. The van der Waals surface area contributed by atoms with Gasteiger partial charge in [-0.3, -0.25) is 9.69 Å². The van der Waals surface area contributed by atoms with Crippen LogP contribution in [0.15, 0.2) is 0 Å². The van der Waals surface area contributed by atoms with E-state index in [2.05, 4.69) is 31.0 Å². The van der Waals surface area contributed by atoms with Crippen LogP contribution in [-0.2, 0) is 4.79 Å². The molecule has 1 aliphatic carbocycles. The normalized spacial score (nSPS) is 22.3. The predicted octanol–water partition coefficient (Wildman–Crippen LogP) is 1.07. The number of amides is 1. The first-order valence-electron chi connectivity index (χ1n) is 7.23. The molecule has 4 nitrogen and oxygen atoms in total. The highest BCUT2D eigenvalue weighted by molar-refractivity contribution is 5.76. The van der Waals surface area contributed by atoms with Crippen LogP contribution in [0.2, 0.25) is 0 Å². The third-order valence-corrected chi connectivity index (χ3v) is 3.93. The third-order valence-electron chi connectivity index (χ3n) is 3.93. The maximum absolute atomic E-state index is 12.0. The van der Waals surface area contributed by atoms with Crippen LogP contribution in [0.5, 0.6) is 0 Å². The number of carbonyl (C=O) groups is 1. The van der Waals surface area contributed by atoms with Gasteiger partial charge < -0.3 is 10.2 Å². The lowest BCUT2D eigenvalue weighted by atomic mass is 10.0. The van der Waals surface area contributed by atoms with Gasteiger partial charge in [0.05, 0.1) is 0 Å². The zero-order valence-corrected chi connectivity index (χ0v) is 12.0. The predicted molar refractivity (Wildman–Crippen MR) is 73.5 cm³/mol. The summed E-state index contributed by atoms with van der Waals surface area (Å²) in [6.45, 7) is 11.4. The van der Waals surface area contributed by atoms with Gasteiger partial charge in [-0.25, -0.2) is 0 Å². The second-order valence-corrected chi connectivity index (χ2v) is 6.52. The van der Waals surface area contributed by atoms with E-state index in [1.807, 2.05) is 4.90 Å². The highest BCUT2D eigenvalue weighted by atomic mass is 16.2. The molecule has 2 fully saturated rings. The molecule has 0 bridgehead atoms. The van der Waals surface area contributed by atoms with E-state index in [0.717, 1.165) is 32.7 Å². The number of hydrogen-bond acceptors (Lipinski definition) is 3. The van der Waals surface area contributed by atoms with Crippen molar-refractivity contribution < 1.29 is 4.79 Å². The SMILES string of the molecule is CC(C)(C)N1CCN(C(=O)CCNC2CC2)CC1. The van der Waals surface area contributed by atoms with Crippen molar-refractivity contribution in [1.82, 2.24) is 15.1 Å². The van der Waals surface area contributed by atoms with Gasteiger partial charge in [0, 0.05) is 50.7 Å². The molecule has 1 N–H and O–H groups in total. The Bertz CT molecular complexity index is 286. The molecule has 0 aromatic carbocycles. The molecule has 1 heterocycles. The number of nitrogens with zero attached hydrogens (tertiary/aromatic N) is 2. The molecule has 0 atom stereocenters. The van der Waals surface area contributed by atoms with Crippen molar-refractivity contribution in [3.63, 3.8) is 0 Å². The minimum absolute atomic E-state index is 0.225. The van der Waals surface area contributed by atoms with Crippen molar-refractivity contribution in [2.45, 2.75) is 51.6 Å². The molecule has 0 unspecified atom stereocenters. The fourth-order valence-electron chi connectivity index (χ4n) is 2.46. The van der Waals surface area contributed by atoms with Crippen molar-refractivity contribution in [2.24, 2.45) is 0 Å². The molecule has 2 aliphatic rings. The van der Waals surface area contributed by atoms with E-state index in [1.54, 1.807) is 0 Å². The van der Waals surface area contributed by atoms with Crippen LogP contribution in [-0.4, -0.2) is 60.0 Å². The Morgan fingerprint density at radius 2 is 1.78 bits per heavy atom. The highest BCUT2D eigenvalue weighted by Gasteiger charge is 2.27. The summed E-state index contributed by atoms with van der Waals surface area (Å²) < 4.78 is 0. The van der Waals surface area contributed by atoms with Crippen molar-refractivity contribution in [3.8, 4) is 0 Å². The van der Waals surface area contributed by atoms with Crippen molar-refractivity contribution >= 4 is 5.91 Å². The van der Waals surface area contributed by atoms with Gasteiger partial charge in [-0.05, 0) is 33.6 Å². The molecule has 0 aromatic rings. The Kier molecular flexibility index (Phi) is 4.28. The second-order valence-electron chi connectivity index (χ2n) is 6.52. The van der Waals surface area contributed by atoms with Crippen LogP contribution in [0.25, 0.3) is 0 Å². The zero-order valence-electron chi connectivity index (χ0n) is 12.0. The quantitative estimate of drug-likeness (QED) is 0.814. The van der Waals surface area contributed by atoms with Gasteiger partial charge in [0.15, 0.2) is 0 Å². The first-order chi connectivity index (χ1) is 8.47. The number of nitrogens with one attached hydrogen (secondary N) is 1. The van der Waals surface area contributed by atoms with Gasteiger partial charge in [0.2, 0.25) is 5.91 Å². The second kappa shape index (κ2) is 5.57. The summed E-state index contributed by atoms with van der Waals surface area (Å²) in [6.07, 6.45) is 3.24. The van der Waals surface area contributed by atoms with Crippen molar-refractivity contribution in [3.05, 3.63) is 0 Å².